The SMILES string of the molecule is Fc1ccc(-c2[nH]c(-c3ccc(F)cc3)c3c2C2CCC3CC2)cc1. The molecule has 2 aromatic carbocycles. The van der Waals surface area contributed by atoms with Crippen LogP contribution in [0.2, 0.25) is 0 Å². The molecular weight excluding hydrogens is 316 g/mol. The lowest BCUT2D eigenvalue weighted by atomic mass is 9.66. The molecule has 3 aliphatic carbocycles. The number of H-pyrrole nitrogens is 1. The summed E-state index contributed by atoms with van der Waals surface area (Å²) in [7, 11) is 0. The number of halogens is 2. The van der Waals surface area contributed by atoms with Crippen molar-refractivity contribution in [2.24, 2.45) is 0 Å². The van der Waals surface area contributed by atoms with Crippen LogP contribution in [0.5, 0.6) is 0 Å². The molecule has 0 amide bonds. The zero-order chi connectivity index (χ0) is 17.0. The smallest absolute Gasteiger partial charge is 0.123 e. The second-order valence-electron chi connectivity index (χ2n) is 7.26. The van der Waals surface area contributed by atoms with Crippen molar-refractivity contribution in [3.05, 3.63) is 71.3 Å². The van der Waals surface area contributed by atoms with Gasteiger partial charge in [-0.05, 0) is 108 Å². The van der Waals surface area contributed by atoms with Gasteiger partial charge in [-0.3, -0.25) is 0 Å². The molecule has 1 N–H and O–H groups in total. The Morgan fingerprint density at radius 2 is 0.960 bits per heavy atom. The second-order valence-corrected chi connectivity index (χ2v) is 7.26. The van der Waals surface area contributed by atoms with E-state index in [1.807, 2.05) is 24.3 Å². The highest BCUT2D eigenvalue weighted by Gasteiger charge is 2.38. The molecule has 2 bridgehead atoms. The molecule has 1 nitrogen and oxygen atoms in total. The molecule has 3 aromatic rings. The van der Waals surface area contributed by atoms with Crippen LogP contribution in [0.3, 0.4) is 0 Å². The Morgan fingerprint density at radius 1 is 0.600 bits per heavy atom. The van der Waals surface area contributed by atoms with E-state index >= 15 is 0 Å². The number of hydrogen-bond acceptors (Lipinski definition) is 0. The summed E-state index contributed by atoms with van der Waals surface area (Å²) < 4.78 is 26.7. The lowest BCUT2D eigenvalue weighted by Crippen LogP contribution is -2.21. The van der Waals surface area contributed by atoms with E-state index in [1.54, 1.807) is 0 Å². The number of benzene rings is 2. The van der Waals surface area contributed by atoms with E-state index in [1.165, 1.54) is 61.1 Å². The normalized spacial score (nSPS) is 21.4. The van der Waals surface area contributed by atoms with Gasteiger partial charge in [0.05, 0.1) is 0 Å². The van der Waals surface area contributed by atoms with Gasteiger partial charge in [0.2, 0.25) is 0 Å². The van der Waals surface area contributed by atoms with Crippen LogP contribution >= 0.6 is 0 Å². The van der Waals surface area contributed by atoms with E-state index in [9.17, 15) is 8.78 Å². The Bertz CT molecular complexity index is 838. The fraction of sp³-hybridized carbons (Fsp3) is 0.273. The van der Waals surface area contributed by atoms with Gasteiger partial charge in [0.15, 0.2) is 0 Å². The van der Waals surface area contributed by atoms with Gasteiger partial charge >= 0.3 is 0 Å². The van der Waals surface area contributed by atoms with Crippen LogP contribution in [0, 0.1) is 11.6 Å². The third-order valence-electron chi connectivity index (χ3n) is 5.89. The number of aromatic amines is 1. The monoisotopic (exact) mass is 335 g/mol. The van der Waals surface area contributed by atoms with E-state index in [-0.39, 0.29) is 11.6 Å². The van der Waals surface area contributed by atoms with E-state index in [4.69, 9.17) is 0 Å². The fourth-order valence-electron chi connectivity index (χ4n) is 4.74. The molecule has 0 aliphatic heterocycles. The molecule has 0 spiro atoms. The molecule has 0 radical (unpaired) electrons. The largest absolute Gasteiger partial charge is 0.354 e. The summed E-state index contributed by atoms with van der Waals surface area (Å²) in [6.07, 6.45) is 4.91. The third kappa shape index (κ3) is 2.33. The molecule has 3 heteroatoms. The first kappa shape index (κ1) is 14.9. The summed E-state index contributed by atoms with van der Waals surface area (Å²) in [6, 6.07) is 13.4. The summed E-state index contributed by atoms with van der Waals surface area (Å²) in [5, 5.41) is 0. The fourth-order valence-corrected chi connectivity index (χ4v) is 4.74. The molecule has 126 valence electrons. The lowest BCUT2D eigenvalue weighted by molar-refractivity contribution is 0.362. The van der Waals surface area contributed by atoms with Crippen LogP contribution < -0.4 is 0 Å². The van der Waals surface area contributed by atoms with Crippen LogP contribution in [-0.4, -0.2) is 4.98 Å². The zero-order valence-electron chi connectivity index (χ0n) is 13.9. The lowest BCUT2D eigenvalue weighted by Gasteiger charge is -2.37. The first-order valence-electron chi connectivity index (χ1n) is 8.98. The minimum atomic E-state index is -0.218. The molecule has 3 aliphatic rings. The van der Waals surface area contributed by atoms with Crippen molar-refractivity contribution < 1.29 is 8.78 Å². The molecule has 0 unspecified atom stereocenters. The average molecular weight is 335 g/mol. The van der Waals surface area contributed by atoms with Crippen LogP contribution in [0.1, 0.15) is 48.6 Å². The van der Waals surface area contributed by atoms with Crippen molar-refractivity contribution in [2.75, 3.05) is 0 Å². The summed E-state index contributed by atoms with van der Waals surface area (Å²) in [5.74, 6) is 0.713. The van der Waals surface area contributed by atoms with Crippen LogP contribution in [0.4, 0.5) is 8.78 Å². The van der Waals surface area contributed by atoms with Crippen LogP contribution in [0.25, 0.3) is 22.5 Å². The number of nitrogens with one attached hydrogen (secondary N) is 1. The molecule has 1 aromatic heterocycles. The second kappa shape index (κ2) is 5.55. The molecular formula is C22H19F2N. The minimum Gasteiger partial charge on any atom is -0.354 e. The Morgan fingerprint density at radius 3 is 1.32 bits per heavy atom. The van der Waals surface area contributed by atoms with E-state index < -0.39 is 0 Å². The van der Waals surface area contributed by atoms with Gasteiger partial charge in [0.25, 0.3) is 0 Å². The van der Waals surface area contributed by atoms with Gasteiger partial charge < -0.3 is 4.98 Å². The quantitative estimate of drug-likeness (QED) is 0.559. The molecule has 25 heavy (non-hydrogen) atoms. The van der Waals surface area contributed by atoms with Gasteiger partial charge in [-0.1, -0.05) is 0 Å². The highest BCUT2D eigenvalue weighted by Crippen LogP contribution is 2.55. The summed E-state index contributed by atoms with van der Waals surface area (Å²) in [6.45, 7) is 0. The van der Waals surface area contributed by atoms with Crippen molar-refractivity contribution in [3.8, 4) is 22.5 Å². The van der Waals surface area contributed by atoms with Gasteiger partial charge in [0.1, 0.15) is 11.6 Å². The Hall–Kier alpha value is -2.42. The highest BCUT2D eigenvalue weighted by molar-refractivity contribution is 5.78. The van der Waals surface area contributed by atoms with E-state index in [0.717, 1.165) is 22.5 Å². The number of aromatic nitrogens is 1. The summed E-state index contributed by atoms with van der Waals surface area (Å²) in [5.41, 5.74) is 7.10. The predicted octanol–water partition coefficient (Wildman–Crippen LogP) is 6.38. The first-order chi connectivity index (χ1) is 12.2. The predicted molar refractivity (Wildman–Crippen MR) is 95.5 cm³/mol. The standard InChI is InChI=1S/C22H19F2N/c23-17-9-5-15(6-10-17)21-19-13-1-2-14(4-3-13)20(19)22(25-21)16-7-11-18(24)12-8-16/h5-14,25H,1-4H2. The Kier molecular flexibility index (Phi) is 3.30. The van der Waals surface area contributed by atoms with Crippen molar-refractivity contribution in [1.29, 1.82) is 0 Å². The number of rotatable bonds is 2. The van der Waals surface area contributed by atoms with Crippen molar-refractivity contribution in [1.82, 2.24) is 4.98 Å². The minimum absolute atomic E-state index is 0.218. The Labute approximate surface area is 145 Å². The molecule has 1 fully saturated rings. The van der Waals surface area contributed by atoms with Gasteiger partial charge in [-0.25, -0.2) is 8.78 Å². The molecule has 0 saturated heterocycles. The van der Waals surface area contributed by atoms with E-state index in [0.29, 0.717) is 11.8 Å². The zero-order valence-corrected chi connectivity index (χ0v) is 13.9. The Balaban J connectivity index is 1.74. The maximum Gasteiger partial charge on any atom is 0.123 e. The van der Waals surface area contributed by atoms with Crippen molar-refractivity contribution in [2.45, 2.75) is 37.5 Å². The number of fused-ring (bicyclic) bond motifs is 2. The molecule has 1 heterocycles. The van der Waals surface area contributed by atoms with Crippen LogP contribution in [0.15, 0.2) is 48.5 Å². The molecule has 0 atom stereocenters. The number of hydrogen-bond donors (Lipinski definition) is 1. The topological polar surface area (TPSA) is 15.8 Å². The van der Waals surface area contributed by atoms with E-state index in [2.05, 4.69) is 4.98 Å². The van der Waals surface area contributed by atoms with Gasteiger partial charge in [-0.2, -0.15) is 0 Å². The van der Waals surface area contributed by atoms with Crippen molar-refractivity contribution >= 4 is 0 Å². The molecule has 6 rings (SSSR count). The maximum atomic E-state index is 13.4. The molecule has 1 saturated carbocycles. The van der Waals surface area contributed by atoms with Gasteiger partial charge in [-0.15, -0.1) is 0 Å². The third-order valence-corrected chi connectivity index (χ3v) is 5.89. The summed E-state index contributed by atoms with van der Waals surface area (Å²) in [4.78, 5) is 3.62. The average Bonchev–Trinajstić information content (AvgIpc) is 3.07. The summed E-state index contributed by atoms with van der Waals surface area (Å²) >= 11 is 0. The van der Waals surface area contributed by atoms with Gasteiger partial charge in [0, 0.05) is 11.4 Å². The highest BCUT2D eigenvalue weighted by atomic mass is 19.1. The maximum absolute atomic E-state index is 13.4. The van der Waals surface area contributed by atoms with Crippen LogP contribution in [-0.2, 0) is 0 Å². The van der Waals surface area contributed by atoms with Crippen molar-refractivity contribution in [3.63, 3.8) is 0 Å². The first-order valence-corrected chi connectivity index (χ1v) is 8.98.